The Bertz CT molecular complexity index is 456. The van der Waals surface area contributed by atoms with Crippen molar-refractivity contribution in [2.24, 2.45) is 4.99 Å². The minimum absolute atomic E-state index is 0. The number of nitrogens with zero attached hydrogens (tertiary/aromatic N) is 2. The van der Waals surface area contributed by atoms with Crippen LogP contribution in [0.1, 0.15) is 45.4 Å². The fraction of sp³-hybridized carbons (Fsp3) is 0.947. The number of ether oxygens (including phenoxy) is 3. The van der Waals surface area contributed by atoms with Crippen molar-refractivity contribution in [2.45, 2.75) is 63.8 Å². The maximum absolute atomic E-state index is 12.0. The molecule has 1 atom stereocenters. The second-order valence-electron chi connectivity index (χ2n) is 7.27. The van der Waals surface area contributed by atoms with E-state index in [0.717, 1.165) is 57.9 Å². The number of hydrogen-bond acceptors (Lipinski definition) is 4. The molecule has 0 saturated carbocycles. The van der Waals surface area contributed by atoms with Crippen molar-refractivity contribution < 1.29 is 27.4 Å². The molecule has 0 aromatic rings. The molecule has 1 N–H and O–H groups in total. The number of alkyl halides is 3. The van der Waals surface area contributed by atoms with Crippen LogP contribution in [0.25, 0.3) is 0 Å². The van der Waals surface area contributed by atoms with E-state index in [9.17, 15) is 13.2 Å². The fourth-order valence-electron chi connectivity index (χ4n) is 3.38. The van der Waals surface area contributed by atoms with Crippen LogP contribution in [0.2, 0.25) is 0 Å². The topological polar surface area (TPSA) is 55.3 Å². The molecule has 2 rings (SSSR count). The standard InChI is InChI=1S/C19H34F3N3O3.HI/c1-2-23-18(24-9-5-12-26-15-19(20,21)22)25-10-7-16(8-11-25)28-14-17-6-3-4-13-27-17;/h16-17H,2-15H2,1H3,(H,23,24);1H. The Morgan fingerprint density at radius 1 is 1.21 bits per heavy atom. The molecule has 0 aromatic carbocycles. The van der Waals surface area contributed by atoms with Crippen molar-refractivity contribution in [3.05, 3.63) is 0 Å². The van der Waals surface area contributed by atoms with Gasteiger partial charge >= 0.3 is 6.18 Å². The number of piperidine rings is 1. The molecule has 0 spiro atoms. The van der Waals surface area contributed by atoms with Gasteiger partial charge in [0.25, 0.3) is 0 Å². The smallest absolute Gasteiger partial charge is 0.376 e. The Morgan fingerprint density at radius 2 is 1.97 bits per heavy atom. The van der Waals surface area contributed by atoms with E-state index in [4.69, 9.17) is 9.47 Å². The van der Waals surface area contributed by atoms with Crippen molar-refractivity contribution >= 4 is 29.9 Å². The molecule has 10 heteroatoms. The van der Waals surface area contributed by atoms with Crippen LogP contribution >= 0.6 is 24.0 Å². The molecule has 0 aromatic heterocycles. The van der Waals surface area contributed by atoms with Crippen molar-refractivity contribution in [2.75, 3.05) is 52.6 Å². The Labute approximate surface area is 188 Å². The molecule has 2 heterocycles. The second kappa shape index (κ2) is 14.6. The highest BCUT2D eigenvalue weighted by Crippen LogP contribution is 2.18. The lowest BCUT2D eigenvalue weighted by atomic mass is 10.1. The Hall–Kier alpha value is -0.330. The SMILES string of the molecule is CCNC(=NCCCOCC(F)(F)F)N1CCC(OCC2CCCCO2)CC1.I. The minimum atomic E-state index is -4.27. The molecule has 6 nitrogen and oxygen atoms in total. The summed E-state index contributed by atoms with van der Waals surface area (Å²) in [6.45, 7) is 5.28. The Morgan fingerprint density at radius 3 is 2.59 bits per heavy atom. The number of rotatable bonds is 9. The summed E-state index contributed by atoms with van der Waals surface area (Å²) in [5, 5.41) is 3.26. The van der Waals surface area contributed by atoms with Crippen molar-refractivity contribution in [1.82, 2.24) is 10.2 Å². The van der Waals surface area contributed by atoms with E-state index in [1.807, 2.05) is 6.92 Å². The lowest BCUT2D eigenvalue weighted by Crippen LogP contribution is -2.47. The zero-order valence-corrected chi connectivity index (χ0v) is 19.5. The molecule has 2 saturated heterocycles. The number of aliphatic imine (C=N–C) groups is 1. The van der Waals surface area contributed by atoms with Crippen LogP contribution in [0.15, 0.2) is 4.99 Å². The second-order valence-corrected chi connectivity index (χ2v) is 7.27. The van der Waals surface area contributed by atoms with E-state index in [1.165, 1.54) is 6.42 Å². The first-order valence-electron chi connectivity index (χ1n) is 10.4. The van der Waals surface area contributed by atoms with Gasteiger partial charge < -0.3 is 24.4 Å². The largest absolute Gasteiger partial charge is 0.411 e. The highest BCUT2D eigenvalue weighted by molar-refractivity contribution is 14.0. The quantitative estimate of drug-likeness (QED) is 0.211. The Balaban J connectivity index is 0.00000420. The van der Waals surface area contributed by atoms with E-state index >= 15 is 0 Å². The van der Waals surface area contributed by atoms with E-state index in [-0.39, 0.29) is 42.8 Å². The summed E-state index contributed by atoms with van der Waals surface area (Å²) in [4.78, 5) is 6.72. The van der Waals surface area contributed by atoms with Gasteiger partial charge in [-0.2, -0.15) is 13.2 Å². The molecule has 2 aliphatic rings. The first-order valence-corrected chi connectivity index (χ1v) is 10.4. The van der Waals surface area contributed by atoms with Crippen LogP contribution < -0.4 is 5.32 Å². The Kier molecular flexibility index (Phi) is 13.5. The molecule has 0 amide bonds. The summed E-state index contributed by atoms with van der Waals surface area (Å²) in [7, 11) is 0. The molecular weight excluding hydrogens is 502 g/mol. The van der Waals surface area contributed by atoms with E-state index in [1.54, 1.807) is 0 Å². The summed E-state index contributed by atoms with van der Waals surface area (Å²) in [6, 6.07) is 0. The third kappa shape index (κ3) is 11.6. The molecule has 0 aliphatic carbocycles. The monoisotopic (exact) mass is 537 g/mol. The molecule has 2 aliphatic heterocycles. The summed E-state index contributed by atoms with van der Waals surface area (Å²) < 4.78 is 52.5. The fourth-order valence-corrected chi connectivity index (χ4v) is 3.38. The van der Waals surface area contributed by atoms with Gasteiger partial charge in [-0.15, -0.1) is 24.0 Å². The average Bonchev–Trinajstić information content (AvgIpc) is 2.68. The van der Waals surface area contributed by atoms with Gasteiger partial charge in [0.2, 0.25) is 0 Å². The molecule has 172 valence electrons. The number of halogens is 4. The highest BCUT2D eigenvalue weighted by Gasteiger charge is 2.27. The van der Waals surface area contributed by atoms with Gasteiger partial charge in [-0.3, -0.25) is 4.99 Å². The third-order valence-corrected chi connectivity index (χ3v) is 4.84. The van der Waals surface area contributed by atoms with Gasteiger partial charge in [0.05, 0.1) is 18.8 Å². The van der Waals surface area contributed by atoms with Crippen LogP contribution in [-0.2, 0) is 14.2 Å². The molecular formula is C19H35F3IN3O3. The van der Waals surface area contributed by atoms with Gasteiger partial charge in [-0.1, -0.05) is 0 Å². The maximum Gasteiger partial charge on any atom is 0.411 e. The number of guanidine groups is 1. The van der Waals surface area contributed by atoms with Crippen molar-refractivity contribution in [1.29, 1.82) is 0 Å². The predicted molar refractivity (Wildman–Crippen MR) is 117 cm³/mol. The lowest BCUT2D eigenvalue weighted by Gasteiger charge is -2.35. The minimum Gasteiger partial charge on any atom is -0.376 e. The van der Waals surface area contributed by atoms with Gasteiger partial charge in [-0.05, 0) is 45.4 Å². The third-order valence-electron chi connectivity index (χ3n) is 4.84. The van der Waals surface area contributed by atoms with E-state index in [2.05, 4.69) is 19.9 Å². The molecule has 29 heavy (non-hydrogen) atoms. The molecule has 2 fully saturated rings. The zero-order valence-electron chi connectivity index (χ0n) is 17.2. The molecule has 0 bridgehead atoms. The predicted octanol–water partition coefficient (Wildman–Crippen LogP) is 3.59. The molecule has 1 unspecified atom stereocenters. The van der Waals surface area contributed by atoms with Gasteiger partial charge in [-0.25, -0.2) is 0 Å². The number of likely N-dealkylation sites (tertiary alicyclic amines) is 1. The first-order chi connectivity index (χ1) is 13.5. The molecule has 0 radical (unpaired) electrons. The summed E-state index contributed by atoms with van der Waals surface area (Å²) in [6.07, 6.45) is 2.01. The number of nitrogens with one attached hydrogen (secondary N) is 1. The van der Waals surface area contributed by atoms with Crippen LogP contribution in [0, 0.1) is 0 Å². The average molecular weight is 537 g/mol. The normalized spacial score (nSPS) is 21.7. The van der Waals surface area contributed by atoms with Crippen LogP contribution in [0.3, 0.4) is 0 Å². The van der Waals surface area contributed by atoms with Crippen molar-refractivity contribution in [3.63, 3.8) is 0 Å². The summed E-state index contributed by atoms with van der Waals surface area (Å²) >= 11 is 0. The maximum atomic E-state index is 12.0. The van der Waals surface area contributed by atoms with Crippen LogP contribution in [0.4, 0.5) is 13.2 Å². The summed E-state index contributed by atoms with van der Waals surface area (Å²) in [5.74, 6) is 0.812. The van der Waals surface area contributed by atoms with Crippen LogP contribution in [-0.4, -0.2) is 81.9 Å². The van der Waals surface area contributed by atoms with Crippen molar-refractivity contribution in [3.8, 4) is 0 Å². The van der Waals surface area contributed by atoms with E-state index in [0.29, 0.717) is 19.6 Å². The first kappa shape index (κ1) is 26.7. The van der Waals surface area contributed by atoms with Crippen LogP contribution in [0.5, 0.6) is 0 Å². The van der Waals surface area contributed by atoms with Gasteiger partial charge in [0.15, 0.2) is 5.96 Å². The van der Waals surface area contributed by atoms with Gasteiger partial charge in [0.1, 0.15) is 6.61 Å². The van der Waals surface area contributed by atoms with Gasteiger partial charge in [0, 0.05) is 39.4 Å². The van der Waals surface area contributed by atoms with E-state index < -0.39 is 12.8 Å². The summed E-state index contributed by atoms with van der Waals surface area (Å²) in [5.41, 5.74) is 0. The zero-order chi connectivity index (χ0) is 20.2. The number of hydrogen-bond donors (Lipinski definition) is 1. The highest BCUT2D eigenvalue weighted by atomic mass is 127. The lowest BCUT2D eigenvalue weighted by molar-refractivity contribution is -0.173.